The summed E-state index contributed by atoms with van der Waals surface area (Å²) in [7, 11) is 0. The molecule has 20 heavy (non-hydrogen) atoms. The zero-order valence-electron chi connectivity index (χ0n) is 11.8. The number of nitrogens with zero attached hydrogens (tertiary/aromatic N) is 2. The number of anilines is 1. The third kappa shape index (κ3) is 2.27. The molecule has 4 heteroatoms. The van der Waals surface area contributed by atoms with Crippen LogP contribution in [0.3, 0.4) is 0 Å². The van der Waals surface area contributed by atoms with Crippen molar-refractivity contribution in [3.63, 3.8) is 0 Å². The number of nitrogen functional groups attached to an aromatic ring is 1. The highest BCUT2D eigenvalue weighted by atomic mass is 32.1. The maximum absolute atomic E-state index is 5.78. The number of pyridine rings is 1. The lowest BCUT2D eigenvalue weighted by Crippen LogP contribution is -1.96. The molecule has 0 spiro atoms. The summed E-state index contributed by atoms with van der Waals surface area (Å²) in [5, 5.41) is 3.75. The molecule has 1 aromatic carbocycles. The van der Waals surface area contributed by atoms with Crippen LogP contribution >= 0.6 is 11.3 Å². The smallest absolute Gasteiger partial charge is 0.180 e. The highest BCUT2D eigenvalue weighted by Gasteiger charge is 2.12. The number of aromatic nitrogens is 2. The van der Waals surface area contributed by atoms with E-state index in [2.05, 4.69) is 50.0 Å². The first-order chi connectivity index (χ1) is 9.54. The summed E-state index contributed by atoms with van der Waals surface area (Å²) >= 11 is 1.47. The van der Waals surface area contributed by atoms with Gasteiger partial charge in [0.05, 0.1) is 11.2 Å². The average molecular weight is 283 g/mol. The Morgan fingerprint density at radius 3 is 2.60 bits per heavy atom. The summed E-state index contributed by atoms with van der Waals surface area (Å²) in [4.78, 5) is 9.18. The monoisotopic (exact) mass is 283 g/mol. The van der Waals surface area contributed by atoms with Crippen molar-refractivity contribution in [3.8, 4) is 11.3 Å². The van der Waals surface area contributed by atoms with Crippen molar-refractivity contribution in [2.75, 3.05) is 5.73 Å². The molecule has 0 radical (unpaired) electrons. The van der Waals surface area contributed by atoms with Crippen LogP contribution in [0.5, 0.6) is 0 Å². The van der Waals surface area contributed by atoms with Crippen LogP contribution in [0.25, 0.3) is 22.2 Å². The molecule has 2 N–H and O–H groups in total. The Morgan fingerprint density at radius 2 is 1.95 bits per heavy atom. The van der Waals surface area contributed by atoms with Gasteiger partial charge in [-0.1, -0.05) is 25.5 Å². The number of fused-ring (bicyclic) bond motifs is 1. The molecule has 0 saturated carbocycles. The fourth-order valence-electron chi connectivity index (χ4n) is 2.28. The molecule has 0 fully saturated rings. The highest BCUT2D eigenvalue weighted by molar-refractivity contribution is 7.13. The van der Waals surface area contributed by atoms with Gasteiger partial charge in [0.15, 0.2) is 5.13 Å². The molecular weight excluding hydrogens is 266 g/mol. The van der Waals surface area contributed by atoms with Crippen LogP contribution < -0.4 is 5.73 Å². The van der Waals surface area contributed by atoms with E-state index in [0.717, 1.165) is 27.9 Å². The second-order valence-electron chi connectivity index (χ2n) is 5.34. The maximum Gasteiger partial charge on any atom is 0.180 e. The van der Waals surface area contributed by atoms with Gasteiger partial charge >= 0.3 is 0 Å². The molecule has 2 heterocycles. The van der Waals surface area contributed by atoms with Crippen LogP contribution in [0.15, 0.2) is 29.6 Å². The van der Waals surface area contributed by atoms with E-state index in [9.17, 15) is 0 Å². The molecule has 0 atom stereocenters. The lowest BCUT2D eigenvalue weighted by molar-refractivity contribution is 0.830. The highest BCUT2D eigenvalue weighted by Crippen LogP contribution is 2.32. The van der Waals surface area contributed by atoms with Crippen LogP contribution in [0.1, 0.15) is 31.0 Å². The minimum atomic E-state index is 0.385. The van der Waals surface area contributed by atoms with Gasteiger partial charge in [-0.05, 0) is 31.0 Å². The van der Waals surface area contributed by atoms with E-state index < -0.39 is 0 Å². The summed E-state index contributed by atoms with van der Waals surface area (Å²) in [6, 6.07) is 8.48. The summed E-state index contributed by atoms with van der Waals surface area (Å²) in [6.07, 6.45) is 0. The largest absolute Gasteiger partial charge is 0.375 e. The Kier molecular flexibility index (Phi) is 3.18. The number of hydrogen-bond acceptors (Lipinski definition) is 4. The summed E-state index contributed by atoms with van der Waals surface area (Å²) in [5.41, 5.74) is 11.2. The zero-order valence-corrected chi connectivity index (χ0v) is 12.7. The maximum atomic E-state index is 5.78. The first-order valence-electron chi connectivity index (χ1n) is 6.67. The second kappa shape index (κ2) is 4.87. The molecule has 0 amide bonds. The Hall–Kier alpha value is -1.94. The molecule has 0 aliphatic heterocycles. The van der Waals surface area contributed by atoms with Gasteiger partial charge in [0, 0.05) is 22.0 Å². The summed E-state index contributed by atoms with van der Waals surface area (Å²) in [5.74, 6) is 0.385. The summed E-state index contributed by atoms with van der Waals surface area (Å²) < 4.78 is 0. The Bertz CT molecular complexity index is 774. The van der Waals surface area contributed by atoms with Crippen molar-refractivity contribution in [3.05, 3.63) is 40.9 Å². The molecule has 0 bridgehead atoms. The minimum Gasteiger partial charge on any atom is -0.375 e. The number of thiazole rings is 1. The zero-order chi connectivity index (χ0) is 14.3. The van der Waals surface area contributed by atoms with Crippen molar-refractivity contribution in [2.45, 2.75) is 26.7 Å². The molecule has 102 valence electrons. The van der Waals surface area contributed by atoms with Gasteiger partial charge in [-0.2, -0.15) is 0 Å². The predicted octanol–water partition coefficient (Wildman–Crippen LogP) is 4.37. The van der Waals surface area contributed by atoms with Crippen LogP contribution in [0.4, 0.5) is 5.13 Å². The Labute approximate surface area is 122 Å². The molecule has 3 nitrogen and oxygen atoms in total. The normalized spacial score (nSPS) is 11.4. The predicted molar refractivity (Wildman–Crippen MR) is 86.1 cm³/mol. The fraction of sp³-hybridized carbons (Fsp3) is 0.250. The SMILES string of the molecule is Cc1ccc2nc(C(C)C)cc(-c3csc(N)n3)c2c1. The molecule has 3 aromatic rings. The molecule has 0 unspecified atom stereocenters. The van der Waals surface area contributed by atoms with Crippen LogP contribution in [-0.4, -0.2) is 9.97 Å². The van der Waals surface area contributed by atoms with E-state index in [1.165, 1.54) is 16.9 Å². The van der Waals surface area contributed by atoms with Crippen molar-refractivity contribution in [2.24, 2.45) is 0 Å². The second-order valence-corrected chi connectivity index (χ2v) is 6.23. The lowest BCUT2D eigenvalue weighted by Gasteiger charge is -2.11. The molecule has 0 aliphatic carbocycles. The number of benzene rings is 1. The van der Waals surface area contributed by atoms with Gasteiger partial charge < -0.3 is 5.73 Å². The quantitative estimate of drug-likeness (QED) is 0.759. The Balaban J connectivity index is 2.34. The number of nitrogens with two attached hydrogens (primary N) is 1. The standard InChI is InChI=1S/C16H17N3S/c1-9(2)14-7-12(15-8-20-16(17)19-15)11-6-10(3)4-5-13(11)18-14/h4-9H,1-3H3,(H2,17,19). The van der Waals surface area contributed by atoms with E-state index >= 15 is 0 Å². The van der Waals surface area contributed by atoms with Crippen molar-refractivity contribution >= 4 is 27.4 Å². The van der Waals surface area contributed by atoms with E-state index in [1.54, 1.807) is 0 Å². The van der Waals surface area contributed by atoms with Crippen LogP contribution in [-0.2, 0) is 0 Å². The fourth-order valence-corrected chi connectivity index (χ4v) is 2.84. The van der Waals surface area contributed by atoms with E-state index in [-0.39, 0.29) is 0 Å². The van der Waals surface area contributed by atoms with E-state index in [1.807, 2.05) is 5.38 Å². The molecule has 2 aromatic heterocycles. The number of hydrogen-bond donors (Lipinski definition) is 1. The van der Waals surface area contributed by atoms with Gasteiger partial charge in [-0.3, -0.25) is 4.98 Å². The third-order valence-electron chi connectivity index (χ3n) is 3.37. The van der Waals surface area contributed by atoms with Crippen molar-refractivity contribution in [1.29, 1.82) is 0 Å². The average Bonchev–Trinajstić information content (AvgIpc) is 2.84. The number of aryl methyl sites for hydroxylation is 1. The molecule has 0 aliphatic rings. The van der Waals surface area contributed by atoms with Gasteiger partial charge in [0.2, 0.25) is 0 Å². The first kappa shape index (κ1) is 13.1. The van der Waals surface area contributed by atoms with Crippen molar-refractivity contribution in [1.82, 2.24) is 9.97 Å². The first-order valence-corrected chi connectivity index (χ1v) is 7.55. The lowest BCUT2D eigenvalue weighted by atomic mass is 10.00. The molecule has 3 rings (SSSR count). The van der Waals surface area contributed by atoms with Crippen LogP contribution in [0, 0.1) is 6.92 Å². The number of rotatable bonds is 2. The Morgan fingerprint density at radius 1 is 1.15 bits per heavy atom. The topological polar surface area (TPSA) is 51.8 Å². The molecular formula is C16H17N3S. The van der Waals surface area contributed by atoms with E-state index in [0.29, 0.717) is 11.0 Å². The van der Waals surface area contributed by atoms with E-state index in [4.69, 9.17) is 10.7 Å². The van der Waals surface area contributed by atoms with Gasteiger partial charge in [0.1, 0.15) is 0 Å². The summed E-state index contributed by atoms with van der Waals surface area (Å²) in [6.45, 7) is 6.40. The third-order valence-corrected chi connectivity index (χ3v) is 4.05. The van der Waals surface area contributed by atoms with Crippen LogP contribution in [0.2, 0.25) is 0 Å². The van der Waals surface area contributed by atoms with Gasteiger partial charge in [-0.15, -0.1) is 11.3 Å². The minimum absolute atomic E-state index is 0.385. The van der Waals surface area contributed by atoms with Gasteiger partial charge in [0.25, 0.3) is 0 Å². The molecule has 0 saturated heterocycles. The van der Waals surface area contributed by atoms with Crippen molar-refractivity contribution < 1.29 is 0 Å². The van der Waals surface area contributed by atoms with Gasteiger partial charge in [-0.25, -0.2) is 4.98 Å².